The maximum absolute atomic E-state index is 11.4. The molecule has 1 aromatic carbocycles. The van der Waals surface area contributed by atoms with Crippen molar-refractivity contribution in [2.24, 2.45) is 5.73 Å². The van der Waals surface area contributed by atoms with Gasteiger partial charge in [-0.3, -0.25) is 4.79 Å². The zero-order valence-electron chi connectivity index (χ0n) is 10.3. The van der Waals surface area contributed by atoms with Crippen molar-refractivity contribution in [3.63, 3.8) is 0 Å². The van der Waals surface area contributed by atoms with Gasteiger partial charge in [0.1, 0.15) is 11.8 Å². The van der Waals surface area contributed by atoms with Crippen LogP contribution >= 0.6 is 24.0 Å². The molecule has 0 aliphatic carbocycles. The molecule has 0 radical (unpaired) electrons. The van der Waals surface area contributed by atoms with E-state index >= 15 is 0 Å². The Balaban J connectivity index is 0. The van der Waals surface area contributed by atoms with Crippen LogP contribution in [0, 0.1) is 0 Å². The minimum atomic E-state index is -0.667. The lowest BCUT2D eigenvalue weighted by Crippen LogP contribution is -2.34. The third kappa shape index (κ3) is 6.14. The Morgan fingerprint density at radius 1 is 1.47 bits per heavy atom. The van der Waals surface area contributed by atoms with Crippen molar-refractivity contribution in [1.82, 2.24) is 0 Å². The summed E-state index contributed by atoms with van der Waals surface area (Å²) in [6.07, 6.45) is 0.391. The lowest BCUT2D eigenvalue weighted by molar-refractivity contribution is -0.144. The Labute approximate surface area is 125 Å². The van der Waals surface area contributed by atoms with E-state index in [2.05, 4.69) is 0 Å². The van der Waals surface area contributed by atoms with Gasteiger partial charge in [-0.15, -0.1) is 12.4 Å². The van der Waals surface area contributed by atoms with Crippen LogP contribution in [0.1, 0.15) is 19.9 Å². The second kappa shape index (κ2) is 9.89. The molecular weight excluding hydrogens is 289 g/mol. The summed E-state index contributed by atoms with van der Waals surface area (Å²) in [5.74, 6) is 0.194. The predicted octanol–water partition coefficient (Wildman–Crippen LogP) is 2.84. The number of hydrogen-bond acceptors (Lipinski definition) is 4. The van der Waals surface area contributed by atoms with E-state index in [9.17, 15) is 4.79 Å². The molecule has 0 bridgehead atoms. The molecule has 19 heavy (non-hydrogen) atoms. The molecule has 2 N–H and O–H groups in total. The molecule has 0 amide bonds. The van der Waals surface area contributed by atoms with Crippen molar-refractivity contribution in [1.29, 1.82) is 0 Å². The number of hydrogen-bond donors (Lipinski definition) is 1. The number of esters is 1. The van der Waals surface area contributed by atoms with Gasteiger partial charge in [0.25, 0.3) is 0 Å². The van der Waals surface area contributed by atoms with E-state index in [0.717, 1.165) is 5.56 Å². The van der Waals surface area contributed by atoms with Crippen LogP contribution in [0.3, 0.4) is 0 Å². The summed E-state index contributed by atoms with van der Waals surface area (Å²) in [4.78, 5) is 11.4. The van der Waals surface area contributed by atoms with Crippen molar-refractivity contribution in [3.05, 3.63) is 28.8 Å². The zero-order chi connectivity index (χ0) is 12.8. The summed E-state index contributed by atoms with van der Waals surface area (Å²) < 4.78 is 9.87. The van der Waals surface area contributed by atoms with E-state index in [1.165, 1.54) is 0 Å². The third-order valence-corrected chi connectivity index (χ3v) is 2.56. The summed E-state index contributed by atoms with van der Waals surface area (Å²) in [5.41, 5.74) is 6.58. The number of methoxy groups -OCH3 is 1. The van der Waals surface area contributed by atoms with Crippen molar-refractivity contribution in [3.8, 4) is 5.75 Å². The Kier molecular flexibility index (Phi) is 10.6. The molecule has 110 valence electrons. The highest BCUT2D eigenvalue weighted by molar-refractivity contribution is 6.32. The standard InChI is InChI=1S/C12H16ClNO3.CH4.ClH/c1-3-17-12(15)10(14)7-8-4-5-11(16-2)9(13)6-8;;/h4-6,10H,3,7,14H2,1-2H3;1H4;1H/t10-;;/m1../s1. The molecule has 1 atom stereocenters. The fourth-order valence-corrected chi connectivity index (χ4v) is 1.70. The lowest BCUT2D eigenvalue weighted by Gasteiger charge is -2.11. The Morgan fingerprint density at radius 2 is 2.11 bits per heavy atom. The molecule has 1 rings (SSSR count). The van der Waals surface area contributed by atoms with Crippen LogP contribution < -0.4 is 10.5 Å². The Morgan fingerprint density at radius 3 is 2.58 bits per heavy atom. The van der Waals surface area contributed by atoms with Crippen LogP contribution in [-0.4, -0.2) is 25.7 Å². The summed E-state index contributed by atoms with van der Waals surface area (Å²) in [6, 6.07) is 4.64. The Hall–Kier alpha value is -0.970. The topological polar surface area (TPSA) is 61.5 Å². The van der Waals surface area contributed by atoms with Crippen LogP contribution in [0.5, 0.6) is 5.75 Å². The SMILES string of the molecule is C.CCOC(=O)[C@H](N)Cc1ccc(OC)c(Cl)c1.Cl. The molecular formula is C13H21Cl2NO3. The highest BCUT2D eigenvalue weighted by atomic mass is 35.5. The first-order chi connectivity index (χ1) is 8.08. The van der Waals surface area contributed by atoms with E-state index in [1.807, 2.05) is 6.07 Å². The number of nitrogens with two attached hydrogens (primary N) is 1. The van der Waals surface area contributed by atoms with Crippen LogP contribution in [-0.2, 0) is 16.0 Å². The summed E-state index contributed by atoms with van der Waals surface area (Å²) in [7, 11) is 1.55. The first-order valence-corrected chi connectivity index (χ1v) is 5.71. The van der Waals surface area contributed by atoms with Crippen molar-refractivity contribution in [2.45, 2.75) is 26.8 Å². The Bertz CT molecular complexity index is 399. The molecule has 0 fully saturated rings. The lowest BCUT2D eigenvalue weighted by atomic mass is 10.1. The molecule has 6 heteroatoms. The zero-order valence-corrected chi connectivity index (χ0v) is 11.9. The number of rotatable bonds is 5. The van der Waals surface area contributed by atoms with Gasteiger partial charge in [0, 0.05) is 0 Å². The predicted molar refractivity (Wildman–Crippen MR) is 80.3 cm³/mol. The van der Waals surface area contributed by atoms with E-state index in [4.69, 9.17) is 26.8 Å². The molecule has 0 heterocycles. The van der Waals surface area contributed by atoms with Gasteiger partial charge in [0.15, 0.2) is 0 Å². The van der Waals surface area contributed by atoms with Crippen LogP contribution in [0.15, 0.2) is 18.2 Å². The van der Waals surface area contributed by atoms with E-state index in [1.54, 1.807) is 26.2 Å². The number of halogens is 2. The highest BCUT2D eigenvalue weighted by Crippen LogP contribution is 2.25. The molecule has 0 aliphatic rings. The molecule has 4 nitrogen and oxygen atoms in total. The van der Waals surface area contributed by atoms with Crippen molar-refractivity contribution < 1.29 is 14.3 Å². The molecule has 0 saturated carbocycles. The molecule has 1 aromatic rings. The number of carbonyl (C=O) groups is 1. The maximum atomic E-state index is 11.4. The second-order valence-corrected chi connectivity index (χ2v) is 3.94. The fourth-order valence-electron chi connectivity index (χ4n) is 1.42. The first kappa shape index (κ1) is 20.3. The number of ether oxygens (including phenoxy) is 2. The molecule has 0 unspecified atom stereocenters. The maximum Gasteiger partial charge on any atom is 0.323 e. The number of benzene rings is 1. The van der Waals surface area contributed by atoms with Gasteiger partial charge in [0.2, 0.25) is 0 Å². The third-order valence-electron chi connectivity index (χ3n) is 2.26. The van der Waals surface area contributed by atoms with Gasteiger partial charge in [0.05, 0.1) is 18.7 Å². The monoisotopic (exact) mass is 309 g/mol. The molecule has 0 aromatic heterocycles. The van der Waals surface area contributed by atoms with E-state index < -0.39 is 12.0 Å². The van der Waals surface area contributed by atoms with Gasteiger partial charge in [-0.1, -0.05) is 25.1 Å². The minimum absolute atomic E-state index is 0. The molecule has 0 saturated heterocycles. The average molecular weight is 310 g/mol. The average Bonchev–Trinajstić information content (AvgIpc) is 2.29. The normalized spacial score (nSPS) is 10.7. The van der Waals surface area contributed by atoms with Gasteiger partial charge >= 0.3 is 5.97 Å². The van der Waals surface area contributed by atoms with Gasteiger partial charge < -0.3 is 15.2 Å². The quantitative estimate of drug-likeness (QED) is 0.850. The van der Waals surface area contributed by atoms with Gasteiger partial charge in [-0.2, -0.15) is 0 Å². The van der Waals surface area contributed by atoms with E-state index in [0.29, 0.717) is 23.8 Å². The summed E-state index contributed by atoms with van der Waals surface area (Å²) in [6.45, 7) is 2.07. The van der Waals surface area contributed by atoms with Crippen LogP contribution in [0.4, 0.5) is 0 Å². The minimum Gasteiger partial charge on any atom is -0.495 e. The van der Waals surface area contributed by atoms with Gasteiger partial charge in [-0.25, -0.2) is 0 Å². The smallest absolute Gasteiger partial charge is 0.323 e. The highest BCUT2D eigenvalue weighted by Gasteiger charge is 2.15. The van der Waals surface area contributed by atoms with Crippen LogP contribution in [0.25, 0.3) is 0 Å². The van der Waals surface area contributed by atoms with E-state index in [-0.39, 0.29) is 19.8 Å². The number of carbonyl (C=O) groups excluding carboxylic acids is 1. The van der Waals surface area contributed by atoms with Gasteiger partial charge in [-0.05, 0) is 31.0 Å². The molecule has 0 aliphatic heterocycles. The van der Waals surface area contributed by atoms with Crippen molar-refractivity contribution in [2.75, 3.05) is 13.7 Å². The largest absolute Gasteiger partial charge is 0.495 e. The summed E-state index contributed by atoms with van der Waals surface area (Å²) >= 11 is 5.97. The summed E-state index contributed by atoms with van der Waals surface area (Å²) in [5, 5.41) is 0.501. The van der Waals surface area contributed by atoms with Crippen LogP contribution in [0.2, 0.25) is 5.02 Å². The molecule has 0 spiro atoms. The fraction of sp³-hybridized carbons (Fsp3) is 0.462. The first-order valence-electron chi connectivity index (χ1n) is 5.33. The van der Waals surface area contributed by atoms with Crippen molar-refractivity contribution >= 4 is 30.0 Å². The second-order valence-electron chi connectivity index (χ2n) is 3.53.